The molecule has 4 rings (SSSR count). The molecule has 1 aliphatic rings. The van der Waals surface area contributed by atoms with E-state index >= 15 is 0 Å². The quantitative estimate of drug-likeness (QED) is 0.738. The largest absolute Gasteiger partial charge is 0.308 e. The molecule has 0 aliphatic carbocycles. The third-order valence-corrected chi connectivity index (χ3v) is 4.43. The van der Waals surface area contributed by atoms with Crippen molar-refractivity contribution in [3.05, 3.63) is 54.1 Å². The van der Waals surface area contributed by atoms with Gasteiger partial charge in [-0.25, -0.2) is 28.7 Å². The Hall–Kier alpha value is -3.22. The lowest BCUT2D eigenvalue weighted by atomic mass is 10.1. The van der Waals surface area contributed by atoms with Gasteiger partial charge >= 0.3 is 0 Å². The standard InChI is InChI=1S/C20H17F2N5/c1-3-16-11(2)23-20(25-16)27-19-14-6-4-5-7-17(14)24-18(26-19)13-9-8-12(21)10-15(13)22/h4-10,16H,3H2,1-2H3,(H,24,25,26,27). The highest BCUT2D eigenvalue weighted by Crippen LogP contribution is 2.27. The van der Waals surface area contributed by atoms with E-state index in [1.165, 1.54) is 12.1 Å². The second-order valence-electron chi connectivity index (χ2n) is 6.29. The maximum absolute atomic E-state index is 14.2. The minimum atomic E-state index is -0.714. The lowest BCUT2D eigenvalue weighted by Gasteiger charge is -2.10. The molecule has 0 fully saturated rings. The highest BCUT2D eigenvalue weighted by atomic mass is 19.1. The number of anilines is 1. The summed E-state index contributed by atoms with van der Waals surface area (Å²) in [6.45, 7) is 3.98. The van der Waals surface area contributed by atoms with Gasteiger partial charge in [0.25, 0.3) is 0 Å². The predicted octanol–water partition coefficient (Wildman–Crippen LogP) is 4.60. The molecule has 0 spiro atoms. The summed E-state index contributed by atoms with van der Waals surface area (Å²) in [7, 11) is 0. The summed E-state index contributed by atoms with van der Waals surface area (Å²) >= 11 is 0. The van der Waals surface area contributed by atoms with E-state index in [-0.39, 0.29) is 17.4 Å². The lowest BCUT2D eigenvalue weighted by molar-refractivity contribution is 0.585. The molecule has 1 unspecified atom stereocenters. The van der Waals surface area contributed by atoms with E-state index in [0.717, 1.165) is 23.6 Å². The van der Waals surface area contributed by atoms with Crippen LogP contribution in [0.3, 0.4) is 0 Å². The number of aliphatic imine (C=N–C) groups is 2. The molecule has 1 atom stereocenters. The van der Waals surface area contributed by atoms with E-state index in [1.54, 1.807) is 0 Å². The first-order valence-electron chi connectivity index (χ1n) is 8.67. The van der Waals surface area contributed by atoms with Gasteiger partial charge in [-0.3, -0.25) is 0 Å². The monoisotopic (exact) mass is 365 g/mol. The van der Waals surface area contributed by atoms with Gasteiger partial charge in [0.1, 0.15) is 17.5 Å². The van der Waals surface area contributed by atoms with Crippen LogP contribution in [0.15, 0.2) is 52.4 Å². The predicted molar refractivity (Wildman–Crippen MR) is 103 cm³/mol. The fraction of sp³-hybridized carbons (Fsp3) is 0.200. The highest BCUT2D eigenvalue weighted by molar-refractivity contribution is 6.11. The lowest BCUT2D eigenvalue weighted by Crippen LogP contribution is -2.11. The molecule has 0 amide bonds. The van der Waals surface area contributed by atoms with Crippen LogP contribution in [-0.4, -0.2) is 27.7 Å². The number of aromatic nitrogens is 2. The molecular formula is C20H17F2N5. The molecule has 0 bridgehead atoms. The van der Waals surface area contributed by atoms with Gasteiger partial charge < -0.3 is 5.32 Å². The second kappa shape index (κ2) is 6.83. The summed E-state index contributed by atoms with van der Waals surface area (Å²) in [4.78, 5) is 17.9. The first-order valence-corrected chi connectivity index (χ1v) is 8.67. The molecule has 2 aromatic carbocycles. The van der Waals surface area contributed by atoms with Crippen LogP contribution < -0.4 is 5.32 Å². The molecule has 136 valence electrons. The van der Waals surface area contributed by atoms with E-state index in [0.29, 0.717) is 17.3 Å². The molecule has 1 aromatic heterocycles. The van der Waals surface area contributed by atoms with E-state index in [4.69, 9.17) is 0 Å². The van der Waals surface area contributed by atoms with Gasteiger partial charge in [0.2, 0.25) is 5.96 Å². The summed E-state index contributed by atoms with van der Waals surface area (Å²) in [6.07, 6.45) is 0.858. The summed E-state index contributed by atoms with van der Waals surface area (Å²) in [5, 5.41) is 3.90. The van der Waals surface area contributed by atoms with Crippen LogP contribution >= 0.6 is 0 Å². The van der Waals surface area contributed by atoms with E-state index < -0.39 is 11.6 Å². The van der Waals surface area contributed by atoms with E-state index in [2.05, 4.69) is 25.3 Å². The van der Waals surface area contributed by atoms with E-state index in [9.17, 15) is 8.78 Å². The Kier molecular flexibility index (Phi) is 4.35. The number of para-hydroxylation sites is 1. The van der Waals surface area contributed by atoms with Gasteiger partial charge in [-0.1, -0.05) is 19.1 Å². The maximum atomic E-state index is 14.2. The van der Waals surface area contributed by atoms with Gasteiger partial charge in [0.15, 0.2) is 5.82 Å². The number of fused-ring (bicyclic) bond motifs is 1. The van der Waals surface area contributed by atoms with Crippen LogP contribution in [0.5, 0.6) is 0 Å². The zero-order chi connectivity index (χ0) is 19.0. The Morgan fingerprint density at radius 2 is 1.89 bits per heavy atom. The second-order valence-corrected chi connectivity index (χ2v) is 6.29. The van der Waals surface area contributed by atoms with E-state index in [1.807, 2.05) is 38.1 Å². The van der Waals surface area contributed by atoms with Crippen LogP contribution in [-0.2, 0) is 0 Å². The number of nitrogens with zero attached hydrogens (tertiary/aromatic N) is 4. The number of rotatable bonds is 3. The number of guanidine groups is 1. The third kappa shape index (κ3) is 3.28. The van der Waals surface area contributed by atoms with Crippen molar-refractivity contribution < 1.29 is 8.78 Å². The van der Waals surface area contributed by atoms with Crippen molar-refractivity contribution in [3.8, 4) is 11.4 Å². The molecule has 2 heterocycles. The molecule has 3 aromatic rings. The first kappa shape index (κ1) is 17.2. The van der Waals surface area contributed by atoms with Crippen molar-refractivity contribution >= 4 is 28.4 Å². The summed E-state index contributed by atoms with van der Waals surface area (Å²) in [5.74, 6) is -0.249. The normalized spacial score (nSPS) is 16.4. The smallest absolute Gasteiger partial charge is 0.224 e. The Morgan fingerprint density at radius 3 is 2.63 bits per heavy atom. The van der Waals surface area contributed by atoms with Gasteiger partial charge in [-0.2, -0.15) is 0 Å². The topological polar surface area (TPSA) is 62.5 Å². The summed E-state index contributed by atoms with van der Waals surface area (Å²) in [6, 6.07) is 10.8. The van der Waals surface area contributed by atoms with Crippen LogP contribution in [0.4, 0.5) is 14.6 Å². The minimum Gasteiger partial charge on any atom is -0.308 e. The van der Waals surface area contributed by atoms with Gasteiger partial charge in [-0.15, -0.1) is 0 Å². The zero-order valence-corrected chi connectivity index (χ0v) is 14.9. The summed E-state index contributed by atoms with van der Waals surface area (Å²) < 4.78 is 27.5. The van der Waals surface area contributed by atoms with Gasteiger partial charge in [0, 0.05) is 17.2 Å². The molecule has 0 saturated carbocycles. The molecule has 0 saturated heterocycles. The average Bonchev–Trinajstić information content (AvgIpc) is 3.01. The highest BCUT2D eigenvalue weighted by Gasteiger charge is 2.19. The van der Waals surface area contributed by atoms with Crippen molar-refractivity contribution in [2.24, 2.45) is 9.98 Å². The van der Waals surface area contributed by atoms with Crippen molar-refractivity contribution in [1.82, 2.24) is 9.97 Å². The number of nitrogens with one attached hydrogen (secondary N) is 1. The summed E-state index contributed by atoms with van der Waals surface area (Å²) in [5.41, 5.74) is 1.70. The Labute approximate surface area is 154 Å². The molecule has 0 radical (unpaired) electrons. The Bertz CT molecular complexity index is 1090. The van der Waals surface area contributed by atoms with Crippen LogP contribution in [0.2, 0.25) is 0 Å². The van der Waals surface area contributed by atoms with Crippen molar-refractivity contribution in [2.75, 3.05) is 5.32 Å². The van der Waals surface area contributed by atoms with Crippen molar-refractivity contribution in [2.45, 2.75) is 26.3 Å². The Morgan fingerprint density at radius 1 is 1.07 bits per heavy atom. The fourth-order valence-corrected chi connectivity index (χ4v) is 3.03. The number of hydrogen-bond donors (Lipinski definition) is 1. The molecule has 1 aliphatic heterocycles. The Balaban J connectivity index is 1.82. The van der Waals surface area contributed by atoms with Crippen LogP contribution in [0, 0.1) is 11.6 Å². The number of benzene rings is 2. The molecule has 7 heteroatoms. The zero-order valence-electron chi connectivity index (χ0n) is 14.9. The molecule has 1 N–H and O–H groups in total. The average molecular weight is 365 g/mol. The maximum Gasteiger partial charge on any atom is 0.224 e. The number of hydrogen-bond acceptors (Lipinski definition) is 5. The SMILES string of the molecule is CCC1N=C(Nc2nc(-c3ccc(F)cc3F)nc3ccccc23)N=C1C. The first-order chi connectivity index (χ1) is 13.0. The minimum absolute atomic E-state index is 0.0506. The third-order valence-electron chi connectivity index (χ3n) is 4.43. The van der Waals surface area contributed by atoms with Crippen molar-refractivity contribution in [1.29, 1.82) is 0 Å². The number of halogens is 2. The van der Waals surface area contributed by atoms with Crippen LogP contribution in [0.1, 0.15) is 20.3 Å². The van der Waals surface area contributed by atoms with Crippen molar-refractivity contribution in [3.63, 3.8) is 0 Å². The fourth-order valence-electron chi connectivity index (χ4n) is 3.03. The van der Waals surface area contributed by atoms with Gasteiger partial charge in [-0.05, 0) is 37.6 Å². The van der Waals surface area contributed by atoms with Crippen LogP contribution in [0.25, 0.3) is 22.3 Å². The molecular weight excluding hydrogens is 348 g/mol. The van der Waals surface area contributed by atoms with Gasteiger partial charge in [0.05, 0.1) is 17.1 Å². The molecule has 27 heavy (non-hydrogen) atoms. The molecule has 5 nitrogen and oxygen atoms in total.